The molecular weight excluding hydrogens is 400 g/mol. The molecule has 0 spiro atoms. The molecule has 3 aromatic rings. The zero-order chi connectivity index (χ0) is 22.7. The molecule has 2 aromatic carbocycles. The number of pyridine rings is 1. The number of amides is 2. The molecule has 2 amide bonds. The minimum absolute atomic E-state index is 0.0959. The maximum atomic E-state index is 13.2. The van der Waals surface area contributed by atoms with Crippen LogP contribution in [0.25, 0.3) is 0 Å². The summed E-state index contributed by atoms with van der Waals surface area (Å²) in [5.41, 5.74) is 6.20. The molecule has 1 N–H and O–H groups in total. The predicted octanol–water partition coefficient (Wildman–Crippen LogP) is 4.76. The lowest BCUT2D eigenvalue weighted by Crippen LogP contribution is -2.39. The summed E-state index contributed by atoms with van der Waals surface area (Å²) in [5, 5.41) is 2.90. The van der Waals surface area contributed by atoms with Gasteiger partial charge in [-0.15, -0.1) is 0 Å². The number of aromatic nitrogens is 1. The zero-order valence-corrected chi connectivity index (χ0v) is 18.6. The maximum Gasteiger partial charge on any atom is 0.244 e. The molecule has 0 bridgehead atoms. The topological polar surface area (TPSA) is 74.7 Å². The van der Waals surface area contributed by atoms with E-state index in [4.69, 9.17) is 4.99 Å². The number of anilines is 2. The van der Waals surface area contributed by atoms with E-state index in [0.29, 0.717) is 22.9 Å². The summed E-state index contributed by atoms with van der Waals surface area (Å²) in [6, 6.07) is 17.5. The molecule has 1 aliphatic rings. The van der Waals surface area contributed by atoms with Crippen molar-refractivity contribution in [2.45, 2.75) is 33.6 Å². The standard InChI is InChI=1S/C26H26N4O2/c1-4-19-7-9-20(10-8-19)23-15-25(32)30(26-22(29-23)6-5-11-27-26)16-24(31)28-21-13-17(2)12-18(3)14-21/h5-14H,4,15-16H2,1-3H3,(H,28,31). The quantitative estimate of drug-likeness (QED) is 0.639. The van der Waals surface area contributed by atoms with Crippen LogP contribution in [0.1, 0.15) is 35.6 Å². The lowest BCUT2D eigenvalue weighted by molar-refractivity contribution is -0.120. The predicted molar refractivity (Wildman–Crippen MR) is 128 cm³/mol. The lowest BCUT2D eigenvalue weighted by atomic mass is 10.0. The van der Waals surface area contributed by atoms with Gasteiger partial charge in [0.2, 0.25) is 11.8 Å². The minimum atomic E-state index is -0.282. The van der Waals surface area contributed by atoms with E-state index in [2.05, 4.69) is 17.2 Å². The van der Waals surface area contributed by atoms with E-state index in [1.54, 1.807) is 12.3 Å². The number of benzene rings is 2. The highest BCUT2D eigenvalue weighted by molar-refractivity contribution is 6.18. The van der Waals surface area contributed by atoms with Crippen LogP contribution in [0.2, 0.25) is 0 Å². The Morgan fingerprint density at radius 2 is 1.78 bits per heavy atom. The third-order valence-electron chi connectivity index (χ3n) is 5.40. The largest absolute Gasteiger partial charge is 0.325 e. The molecule has 6 heteroatoms. The normalized spacial score (nSPS) is 13.3. The number of aliphatic imine (C=N–C) groups is 1. The molecule has 1 aliphatic heterocycles. The van der Waals surface area contributed by atoms with Gasteiger partial charge in [-0.2, -0.15) is 0 Å². The van der Waals surface area contributed by atoms with Gasteiger partial charge in [-0.25, -0.2) is 9.98 Å². The van der Waals surface area contributed by atoms with Crippen LogP contribution >= 0.6 is 0 Å². The fourth-order valence-electron chi connectivity index (χ4n) is 3.88. The second-order valence-electron chi connectivity index (χ2n) is 8.04. The first kappa shape index (κ1) is 21.4. The van der Waals surface area contributed by atoms with Crippen molar-refractivity contribution in [3.05, 3.63) is 83.0 Å². The summed E-state index contributed by atoms with van der Waals surface area (Å²) in [6.07, 6.45) is 2.65. The van der Waals surface area contributed by atoms with Crippen LogP contribution in [0.4, 0.5) is 17.2 Å². The van der Waals surface area contributed by atoms with E-state index in [9.17, 15) is 9.59 Å². The Kier molecular flexibility index (Phi) is 6.12. The highest BCUT2D eigenvalue weighted by Crippen LogP contribution is 2.31. The van der Waals surface area contributed by atoms with Crippen molar-refractivity contribution in [1.29, 1.82) is 0 Å². The third kappa shape index (κ3) is 4.75. The molecule has 1 aromatic heterocycles. The second kappa shape index (κ2) is 9.14. The third-order valence-corrected chi connectivity index (χ3v) is 5.40. The number of nitrogens with zero attached hydrogens (tertiary/aromatic N) is 3. The number of rotatable bonds is 5. The molecule has 0 fully saturated rings. The Morgan fingerprint density at radius 1 is 1.06 bits per heavy atom. The van der Waals surface area contributed by atoms with Gasteiger partial charge in [0.1, 0.15) is 12.2 Å². The van der Waals surface area contributed by atoms with E-state index in [-0.39, 0.29) is 24.8 Å². The summed E-state index contributed by atoms with van der Waals surface area (Å²) < 4.78 is 0. The number of aryl methyl sites for hydroxylation is 3. The summed E-state index contributed by atoms with van der Waals surface area (Å²) in [6.45, 7) is 5.93. The zero-order valence-electron chi connectivity index (χ0n) is 18.6. The van der Waals surface area contributed by atoms with E-state index < -0.39 is 0 Å². The molecule has 4 rings (SSSR count). The van der Waals surface area contributed by atoms with E-state index in [0.717, 1.165) is 23.1 Å². The average Bonchev–Trinajstić information content (AvgIpc) is 2.90. The molecule has 0 atom stereocenters. The van der Waals surface area contributed by atoms with Crippen LogP contribution in [0.3, 0.4) is 0 Å². The van der Waals surface area contributed by atoms with Gasteiger partial charge >= 0.3 is 0 Å². The van der Waals surface area contributed by atoms with Gasteiger partial charge in [-0.05, 0) is 66.8 Å². The molecule has 0 radical (unpaired) electrons. The summed E-state index contributed by atoms with van der Waals surface area (Å²) in [5.74, 6) is -0.0970. The highest BCUT2D eigenvalue weighted by atomic mass is 16.2. The van der Waals surface area contributed by atoms with Gasteiger partial charge in [0.15, 0.2) is 5.82 Å². The smallest absolute Gasteiger partial charge is 0.244 e. The molecule has 0 unspecified atom stereocenters. The molecule has 6 nitrogen and oxygen atoms in total. The van der Waals surface area contributed by atoms with E-state index in [1.807, 2.05) is 62.4 Å². The highest BCUT2D eigenvalue weighted by Gasteiger charge is 2.27. The summed E-state index contributed by atoms with van der Waals surface area (Å²) in [4.78, 5) is 36.6. The number of hydrogen-bond donors (Lipinski definition) is 1. The van der Waals surface area contributed by atoms with Crippen molar-refractivity contribution in [1.82, 2.24) is 4.98 Å². The fraction of sp³-hybridized carbons (Fsp3) is 0.231. The minimum Gasteiger partial charge on any atom is -0.325 e. The van der Waals surface area contributed by atoms with Crippen molar-refractivity contribution < 1.29 is 9.59 Å². The molecule has 0 saturated heterocycles. The summed E-state index contributed by atoms with van der Waals surface area (Å²) >= 11 is 0. The number of nitrogens with one attached hydrogen (secondary N) is 1. The van der Waals surface area contributed by atoms with Crippen LogP contribution in [0, 0.1) is 13.8 Å². The van der Waals surface area contributed by atoms with Gasteiger partial charge in [0.05, 0.1) is 12.1 Å². The number of carbonyl (C=O) groups is 2. The first-order chi connectivity index (χ1) is 15.4. The first-order valence-electron chi connectivity index (χ1n) is 10.7. The Balaban J connectivity index is 1.59. The number of fused-ring (bicyclic) bond motifs is 1. The van der Waals surface area contributed by atoms with Crippen LogP contribution in [-0.2, 0) is 16.0 Å². The van der Waals surface area contributed by atoms with Crippen LogP contribution in [0.5, 0.6) is 0 Å². The SMILES string of the molecule is CCc1ccc(C2=Nc3cccnc3N(CC(=O)Nc3cc(C)cc(C)c3)C(=O)C2)cc1. The number of hydrogen-bond acceptors (Lipinski definition) is 4. The molecule has 0 aliphatic carbocycles. The molecule has 2 heterocycles. The Morgan fingerprint density at radius 3 is 2.47 bits per heavy atom. The molecular formula is C26H26N4O2. The van der Waals surface area contributed by atoms with Gasteiger partial charge in [0.25, 0.3) is 0 Å². The monoisotopic (exact) mass is 426 g/mol. The van der Waals surface area contributed by atoms with Crippen molar-refractivity contribution in [2.24, 2.45) is 4.99 Å². The Hall–Kier alpha value is -3.80. The van der Waals surface area contributed by atoms with Crippen molar-refractivity contribution >= 4 is 34.7 Å². The lowest BCUT2D eigenvalue weighted by Gasteiger charge is -2.20. The van der Waals surface area contributed by atoms with Gasteiger partial charge in [0, 0.05) is 11.9 Å². The van der Waals surface area contributed by atoms with Gasteiger partial charge in [-0.1, -0.05) is 37.3 Å². The van der Waals surface area contributed by atoms with Crippen molar-refractivity contribution in [3.8, 4) is 0 Å². The molecule has 32 heavy (non-hydrogen) atoms. The molecule has 0 saturated carbocycles. The van der Waals surface area contributed by atoms with Gasteiger partial charge < -0.3 is 5.32 Å². The van der Waals surface area contributed by atoms with Crippen LogP contribution < -0.4 is 10.2 Å². The fourth-order valence-corrected chi connectivity index (χ4v) is 3.88. The summed E-state index contributed by atoms with van der Waals surface area (Å²) in [7, 11) is 0. The Labute approximate surface area is 188 Å². The number of carbonyl (C=O) groups excluding carboxylic acids is 2. The van der Waals surface area contributed by atoms with Crippen LogP contribution in [0.15, 0.2) is 65.8 Å². The Bertz CT molecular complexity index is 1180. The van der Waals surface area contributed by atoms with Gasteiger partial charge in [-0.3, -0.25) is 14.5 Å². The maximum absolute atomic E-state index is 13.2. The van der Waals surface area contributed by atoms with E-state index >= 15 is 0 Å². The van der Waals surface area contributed by atoms with Crippen molar-refractivity contribution in [3.63, 3.8) is 0 Å². The van der Waals surface area contributed by atoms with Crippen molar-refractivity contribution in [2.75, 3.05) is 16.8 Å². The first-order valence-corrected chi connectivity index (χ1v) is 10.7. The molecule has 162 valence electrons. The second-order valence-corrected chi connectivity index (χ2v) is 8.04. The van der Waals surface area contributed by atoms with Crippen LogP contribution in [-0.4, -0.2) is 29.1 Å². The van der Waals surface area contributed by atoms with E-state index in [1.165, 1.54) is 10.5 Å². The average molecular weight is 427 g/mol.